The number of ketones is 1. The average molecular weight is 240 g/mol. The number of thiophene rings is 1. The van der Waals surface area contributed by atoms with Crippen LogP contribution in [0.25, 0.3) is 0 Å². The van der Waals surface area contributed by atoms with E-state index in [0.29, 0.717) is 13.0 Å². The van der Waals surface area contributed by atoms with Crippen LogP contribution in [-0.2, 0) is 10.2 Å². The summed E-state index contributed by atoms with van der Waals surface area (Å²) in [6.45, 7) is 7.15. The molecule has 1 aromatic heterocycles. The molecule has 0 N–H and O–H groups in total. The van der Waals surface area contributed by atoms with Gasteiger partial charge in [-0.15, -0.1) is 11.3 Å². The zero-order valence-corrected chi connectivity index (χ0v) is 11.3. The molecule has 0 unspecified atom stereocenters. The van der Waals surface area contributed by atoms with Crippen LogP contribution >= 0.6 is 11.3 Å². The second-order valence-electron chi connectivity index (χ2n) is 4.93. The van der Waals surface area contributed by atoms with Crippen molar-refractivity contribution in [2.45, 2.75) is 39.0 Å². The van der Waals surface area contributed by atoms with E-state index in [-0.39, 0.29) is 11.2 Å². The normalized spacial score (nSPS) is 11.8. The number of hydrogen-bond donors (Lipinski definition) is 0. The van der Waals surface area contributed by atoms with Crippen LogP contribution in [0.4, 0.5) is 0 Å². The van der Waals surface area contributed by atoms with Gasteiger partial charge in [0.1, 0.15) is 0 Å². The number of ether oxygens (including phenoxy) is 1. The second-order valence-corrected chi connectivity index (χ2v) is 6.02. The smallest absolute Gasteiger partial charge is 0.172 e. The van der Waals surface area contributed by atoms with Gasteiger partial charge in [-0.05, 0) is 24.0 Å². The van der Waals surface area contributed by atoms with Gasteiger partial charge in [0.25, 0.3) is 0 Å². The molecule has 0 fully saturated rings. The molecular formula is C13H20O2S. The Kier molecular flexibility index (Phi) is 4.69. The van der Waals surface area contributed by atoms with Crippen molar-refractivity contribution in [1.82, 2.24) is 0 Å². The van der Waals surface area contributed by atoms with E-state index in [1.807, 2.05) is 6.07 Å². The van der Waals surface area contributed by atoms with Gasteiger partial charge >= 0.3 is 0 Å². The summed E-state index contributed by atoms with van der Waals surface area (Å²) < 4.78 is 4.94. The second kappa shape index (κ2) is 5.60. The van der Waals surface area contributed by atoms with Gasteiger partial charge in [0.15, 0.2) is 5.78 Å². The van der Waals surface area contributed by atoms with Crippen LogP contribution in [0.5, 0.6) is 0 Å². The minimum atomic E-state index is 0.135. The third-order valence-electron chi connectivity index (χ3n) is 2.37. The maximum absolute atomic E-state index is 11.8. The fraction of sp³-hybridized carbons (Fsp3) is 0.615. The summed E-state index contributed by atoms with van der Waals surface area (Å²) in [4.78, 5) is 14.0. The predicted octanol–water partition coefficient (Wildman–Crippen LogP) is 3.65. The van der Waals surface area contributed by atoms with Crippen LogP contribution in [0, 0.1) is 0 Å². The molecule has 0 radical (unpaired) electrons. The van der Waals surface area contributed by atoms with Gasteiger partial charge in [0.05, 0.1) is 4.88 Å². The van der Waals surface area contributed by atoms with Crippen LogP contribution in [-0.4, -0.2) is 19.5 Å². The van der Waals surface area contributed by atoms with Crippen molar-refractivity contribution in [3.8, 4) is 0 Å². The highest BCUT2D eigenvalue weighted by Crippen LogP contribution is 2.30. The Balaban J connectivity index is 2.60. The first-order valence-corrected chi connectivity index (χ1v) is 6.39. The highest BCUT2D eigenvalue weighted by Gasteiger charge is 2.18. The molecule has 0 aliphatic carbocycles. The predicted molar refractivity (Wildman–Crippen MR) is 68.5 cm³/mol. The first kappa shape index (κ1) is 13.4. The monoisotopic (exact) mass is 240 g/mol. The largest absolute Gasteiger partial charge is 0.385 e. The first-order chi connectivity index (χ1) is 7.45. The number of methoxy groups -OCH3 is 1. The van der Waals surface area contributed by atoms with Crippen LogP contribution < -0.4 is 0 Å². The molecule has 1 rings (SSSR count). The summed E-state index contributed by atoms with van der Waals surface area (Å²) in [7, 11) is 1.66. The average Bonchev–Trinajstić information content (AvgIpc) is 2.66. The Morgan fingerprint density at radius 2 is 2.06 bits per heavy atom. The molecule has 0 saturated heterocycles. The highest BCUT2D eigenvalue weighted by molar-refractivity contribution is 7.14. The third kappa shape index (κ3) is 3.72. The number of carbonyl (C=O) groups excluding carboxylic acids is 1. The fourth-order valence-corrected chi connectivity index (χ4v) is 2.42. The lowest BCUT2D eigenvalue weighted by Gasteiger charge is -2.15. The third-order valence-corrected chi connectivity index (χ3v) is 3.92. The summed E-state index contributed by atoms with van der Waals surface area (Å²) >= 11 is 1.62. The Morgan fingerprint density at radius 1 is 1.38 bits per heavy atom. The van der Waals surface area contributed by atoms with E-state index < -0.39 is 0 Å². The van der Waals surface area contributed by atoms with Gasteiger partial charge < -0.3 is 4.74 Å². The molecule has 2 nitrogen and oxygen atoms in total. The Labute approximate surface area is 102 Å². The molecule has 0 spiro atoms. The molecule has 0 aromatic carbocycles. The molecular weight excluding hydrogens is 220 g/mol. The van der Waals surface area contributed by atoms with E-state index in [2.05, 4.69) is 26.8 Å². The zero-order valence-electron chi connectivity index (χ0n) is 10.5. The molecule has 0 bridgehead atoms. The Hall–Kier alpha value is -0.670. The van der Waals surface area contributed by atoms with E-state index >= 15 is 0 Å². The van der Waals surface area contributed by atoms with Crippen molar-refractivity contribution >= 4 is 17.1 Å². The van der Waals surface area contributed by atoms with Gasteiger partial charge in [-0.25, -0.2) is 0 Å². The van der Waals surface area contributed by atoms with E-state index in [9.17, 15) is 4.79 Å². The van der Waals surface area contributed by atoms with Crippen LogP contribution in [0.3, 0.4) is 0 Å². The minimum Gasteiger partial charge on any atom is -0.385 e. The lowest BCUT2D eigenvalue weighted by atomic mass is 9.95. The van der Waals surface area contributed by atoms with Crippen molar-refractivity contribution in [3.63, 3.8) is 0 Å². The van der Waals surface area contributed by atoms with Gasteiger partial charge in [0.2, 0.25) is 0 Å². The molecule has 3 heteroatoms. The summed E-state index contributed by atoms with van der Waals surface area (Å²) in [6.07, 6.45) is 1.38. The van der Waals surface area contributed by atoms with Crippen molar-refractivity contribution in [2.24, 2.45) is 0 Å². The lowest BCUT2D eigenvalue weighted by molar-refractivity contribution is 0.0967. The molecule has 90 valence electrons. The van der Waals surface area contributed by atoms with E-state index in [4.69, 9.17) is 4.74 Å². The van der Waals surface area contributed by atoms with Crippen LogP contribution in [0.15, 0.2) is 12.1 Å². The number of carbonyl (C=O) groups is 1. The standard InChI is InChI=1S/C13H20O2S/c1-13(2,3)12-8-7-11(16-12)10(14)6-5-9-15-4/h7-8H,5-6,9H2,1-4H3. The van der Waals surface area contributed by atoms with Gasteiger partial charge in [-0.2, -0.15) is 0 Å². The van der Waals surface area contributed by atoms with Crippen LogP contribution in [0.1, 0.15) is 48.2 Å². The van der Waals surface area contributed by atoms with Gasteiger partial charge in [-0.3, -0.25) is 4.79 Å². The maximum Gasteiger partial charge on any atom is 0.172 e. The van der Waals surface area contributed by atoms with Crippen molar-refractivity contribution < 1.29 is 9.53 Å². The molecule has 0 amide bonds. The van der Waals surface area contributed by atoms with Crippen molar-refractivity contribution in [3.05, 3.63) is 21.9 Å². The number of hydrogen-bond acceptors (Lipinski definition) is 3. The number of rotatable bonds is 5. The zero-order chi connectivity index (χ0) is 12.2. The SMILES string of the molecule is COCCCC(=O)c1ccc(C(C)(C)C)s1. The Morgan fingerprint density at radius 3 is 2.56 bits per heavy atom. The van der Waals surface area contributed by atoms with E-state index in [0.717, 1.165) is 11.3 Å². The molecule has 0 atom stereocenters. The summed E-state index contributed by atoms with van der Waals surface area (Å²) in [5, 5.41) is 0. The summed E-state index contributed by atoms with van der Waals surface area (Å²) in [5.74, 6) is 0.234. The lowest BCUT2D eigenvalue weighted by Crippen LogP contribution is -2.07. The van der Waals surface area contributed by atoms with Gasteiger partial charge in [0, 0.05) is 25.0 Å². The minimum absolute atomic E-state index is 0.135. The Bertz CT molecular complexity index is 347. The number of Topliss-reactive ketones (excluding diaryl/α,β-unsaturated/α-hetero) is 1. The highest BCUT2D eigenvalue weighted by atomic mass is 32.1. The molecule has 1 heterocycles. The topological polar surface area (TPSA) is 26.3 Å². The molecule has 0 aliphatic rings. The van der Waals surface area contributed by atoms with Gasteiger partial charge in [-0.1, -0.05) is 20.8 Å². The summed E-state index contributed by atoms with van der Waals surface area (Å²) in [5.41, 5.74) is 0.135. The van der Waals surface area contributed by atoms with Crippen LogP contribution in [0.2, 0.25) is 0 Å². The van der Waals surface area contributed by atoms with Crippen molar-refractivity contribution in [1.29, 1.82) is 0 Å². The molecule has 0 aliphatic heterocycles. The van der Waals surface area contributed by atoms with E-state index in [1.165, 1.54) is 4.88 Å². The molecule has 1 aromatic rings. The molecule has 0 saturated carbocycles. The fourth-order valence-electron chi connectivity index (χ4n) is 1.39. The first-order valence-electron chi connectivity index (χ1n) is 5.57. The maximum atomic E-state index is 11.8. The summed E-state index contributed by atoms with van der Waals surface area (Å²) in [6, 6.07) is 4.01. The quantitative estimate of drug-likeness (QED) is 0.580. The van der Waals surface area contributed by atoms with Crippen molar-refractivity contribution in [2.75, 3.05) is 13.7 Å². The molecule has 16 heavy (non-hydrogen) atoms. The van der Waals surface area contributed by atoms with E-state index in [1.54, 1.807) is 18.4 Å².